The van der Waals surface area contributed by atoms with Gasteiger partial charge in [0.15, 0.2) is 0 Å². The van der Waals surface area contributed by atoms with Crippen LogP contribution in [0.15, 0.2) is 27.3 Å². The molecule has 7 heteroatoms. The largest absolute Gasteiger partial charge is 0.380 e. The number of rotatable bonds is 2. The van der Waals surface area contributed by atoms with Gasteiger partial charge in [0.25, 0.3) is 5.89 Å². The fourth-order valence-electron chi connectivity index (χ4n) is 2.08. The first-order chi connectivity index (χ1) is 9.17. The van der Waals surface area contributed by atoms with Crippen LogP contribution in [0.3, 0.4) is 0 Å². The van der Waals surface area contributed by atoms with Crippen molar-refractivity contribution in [2.45, 2.75) is 18.4 Å². The highest BCUT2D eigenvalue weighted by atomic mass is 79.9. The molecule has 6 nitrogen and oxygen atoms in total. The molecule has 0 spiro atoms. The van der Waals surface area contributed by atoms with Crippen molar-refractivity contribution >= 4 is 15.9 Å². The molecule has 1 aliphatic heterocycles. The molecule has 3 rings (SSSR count). The van der Waals surface area contributed by atoms with Crippen molar-refractivity contribution in [1.29, 1.82) is 0 Å². The Balaban J connectivity index is 1.88. The summed E-state index contributed by atoms with van der Waals surface area (Å²) in [5, 5.41) is 17.6. The number of hydrogen-bond acceptors (Lipinski definition) is 6. The van der Waals surface area contributed by atoms with Crippen LogP contribution in [0.5, 0.6) is 0 Å². The first-order valence-electron chi connectivity index (χ1n) is 6.07. The molecule has 2 N–H and O–H groups in total. The molecule has 19 heavy (non-hydrogen) atoms. The lowest BCUT2D eigenvalue weighted by molar-refractivity contribution is -0.0228. The van der Waals surface area contributed by atoms with Crippen LogP contribution in [0.25, 0.3) is 11.5 Å². The van der Waals surface area contributed by atoms with Crippen molar-refractivity contribution in [2.24, 2.45) is 0 Å². The van der Waals surface area contributed by atoms with Gasteiger partial charge in [0.2, 0.25) is 5.82 Å². The summed E-state index contributed by atoms with van der Waals surface area (Å²) in [4.78, 5) is 8.48. The molecule has 100 valence electrons. The van der Waals surface area contributed by atoms with E-state index in [1.807, 2.05) is 6.07 Å². The minimum absolute atomic E-state index is 0.272. The zero-order chi connectivity index (χ0) is 13.3. The Labute approximate surface area is 118 Å². The highest BCUT2D eigenvalue weighted by Crippen LogP contribution is 2.30. The van der Waals surface area contributed by atoms with Gasteiger partial charge in [-0.05, 0) is 54.0 Å². The van der Waals surface area contributed by atoms with Crippen molar-refractivity contribution in [1.82, 2.24) is 20.4 Å². The van der Waals surface area contributed by atoms with E-state index < -0.39 is 5.60 Å². The normalized spacial score (nSPS) is 18.4. The van der Waals surface area contributed by atoms with E-state index in [1.165, 1.54) is 0 Å². The van der Waals surface area contributed by atoms with Crippen LogP contribution in [0, 0.1) is 0 Å². The third-order valence-electron chi connectivity index (χ3n) is 3.21. The molecular formula is C12H13BrN4O2. The van der Waals surface area contributed by atoms with Crippen LogP contribution in [-0.2, 0) is 5.60 Å². The predicted molar refractivity (Wildman–Crippen MR) is 71.2 cm³/mol. The van der Waals surface area contributed by atoms with Gasteiger partial charge in [-0.1, -0.05) is 5.16 Å². The quantitative estimate of drug-likeness (QED) is 0.870. The predicted octanol–water partition coefficient (Wildman–Crippen LogP) is 1.47. The number of nitrogens with zero attached hydrogens (tertiary/aromatic N) is 3. The van der Waals surface area contributed by atoms with Gasteiger partial charge in [0.1, 0.15) is 11.3 Å². The first kappa shape index (κ1) is 12.7. The van der Waals surface area contributed by atoms with Crippen LogP contribution in [0.4, 0.5) is 0 Å². The maximum Gasteiger partial charge on any atom is 0.259 e. The average molecular weight is 325 g/mol. The maximum absolute atomic E-state index is 10.5. The number of pyridine rings is 1. The lowest BCUT2D eigenvalue weighted by Gasteiger charge is -2.28. The molecular weight excluding hydrogens is 312 g/mol. The van der Waals surface area contributed by atoms with Gasteiger partial charge in [-0.25, -0.2) is 0 Å². The average Bonchev–Trinajstić information content (AvgIpc) is 2.91. The summed E-state index contributed by atoms with van der Waals surface area (Å²) in [6, 6.07) is 3.66. The van der Waals surface area contributed by atoms with E-state index in [0.717, 1.165) is 17.6 Å². The third-order valence-corrected chi connectivity index (χ3v) is 3.68. The molecule has 0 unspecified atom stereocenters. The second-order valence-corrected chi connectivity index (χ2v) is 5.48. The second-order valence-electron chi connectivity index (χ2n) is 4.57. The van der Waals surface area contributed by atoms with Gasteiger partial charge in [0.05, 0.1) is 0 Å². The highest BCUT2D eigenvalue weighted by Gasteiger charge is 2.37. The van der Waals surface area contributed by atoms with Gasteiger partial charge in [0, 0.05) is 10.7 Å². The summed E-state index contributed by atoms with van der Waals surface area (Å²) in [5.74, 6) is 0.670. The van der Waals surface area contributed by atoms with Crippen LogP contribution in [0.1, 0.15) is 18.7 Å². The second kappa shape index (κ2) is 4.99. The number of piperidine rings is 1. The molecule has 0 saturated carbocycles. The molecule has 2 aromatic heterocycles. The smallest absolute Gasteiger partial charge is 0.259 e. The fraction of sp³-hybridized carbons (Fsp3) is 0.417. The van der Waals surface area contributed by atoms with E-state index in [2.05, 4.69) is 36.4 Å². The lowest BCUT2D eigenvalue weighted by Crippen LogP contribution is -2.39. The van der Waals surface area contributed by atoms with E-state index in [0.29, 0.717) is 24.4 Å². The molecule has 0 atom stereocenters. The first-order valence-corrected chi connectivity index (χ1v) is 6.86. The van der Waals surface area contributed by atoms with Gasteiger partial charge in [-0.15, -0.1) is 0 Å². The lowest BCUT2D eigenvalue weighted by atomic mass is 9.92. The van der Waals surface area contributed by atoms with Crippen molar-refractivity contribution in [3.63, 3.8) is 0 Å². The van der Waals surface area contributed by atoms with Gasteiger partial charge < -0.3 is 14.9 Å². The molecule has 0 amide bonds. The maximum atomic E-state index is 10.5. The summed E-state index contributed by atoms with van der Waals surface area (Å²) in [6.07, 6.45) is 2.81. The molecule has 0 aliphatic carbocycles. The van der Waals surface area contributed by atoms with Crippen LogP contribution >= 0.6 is 15.9 Å². The molecule has 0 bridgehead atoms. The number of nitrogens with one attached hydrogen (secondary N) is 1. The minimum Gasteiger partial charge on any atom is -0.380 e. The van der Waals surface area contributed by atoms with E-state index in [-0.39, 0.29) is 5.89 Å². The van der Waals surface area contributed by atoms with Gasteiger partial charge in [-0.3, -0.25) is 4.98 Å². The number of aliphatic hydroxyl groups is 1. The molecule has 1 fully saturated rings. The van der Waals surface area contributed by atoms with E-state index in [4.69, 9.17) is 4.52 Å². The molecule has 0 radical (unpaired) electrons. The Hall–Kier alpha value is -1.31. The summed E-state index contributed by atoms with van der Waals surface area (Å²) < 4.78 is 6.09. The SMILES string of the molecule is OC1(c2nc(-c3ccc(Br)cn3)no2)CCNCC1. The van der Waals surface area contributed by atoms with Crippen LogP contribution in [0.2, 0.25) is 0 Å². The third kappa shape index (κ3) is 2.54. The number of aromatic nitrogens is 3. The number of halogens is 1. The summed E-state index contributed by atoms with van der Waals surface area (Å²) in [6.45, 7) is 1.48. The van der Waals surface area contributed by atoms with E-state index in [9.17, 15) is 5.11 Å². The molecule has 3 heterocycles. The van der Waals surface area contributed by atoms with Crippen molar-refractivity contribution in [3.05, 3.63) is 28.7 Å². The van der Waals surface area contributed by atoms with E-state index in [1.54, 1.807) is 12.3 Å². The molecule has 1 aliphatic rings. The summed E-state index contributed by atoms with van der Waals surface area (Å²) >= 11 is 3.32. The Morgan fingerprint density at radius 2 is 2.11 bits per heavy atom. The molecule has 2 aromatic rings. The molecule has 1 saturated heterocycles. The monoisotopic (exact) mass is 324 g/mol. The van der Waals surface area contributed by atoms with E-state index >= 15 is 0 Å². The Kier molecular flexibility index (Phi) is 3.34. The van der Waals surface area contributed by atoms with Crippen molar-refractivity contribution in [2.75, 3.05) is 13.1 Å². The Bertz CT molecular complexity index is 563. The van der Waals surface area contributed by atoms with Crippen LogP contribution in [-0.4, -0.2) is 33.3 Å². The Morgan fingerprint density at radius 1 is 1.32 bits per heavy atom. The minimum atomic E-state index is -1.02. The van der Waals surface area contributed by atoms with Gasteiger partial charge >= 0.3 is 0 Å². The zero-order valence-corrected chi connectivity index (χ0v) is 11.7. The standard InChI is InChI=1S/C12H13BrN4O2/c13-8-1-2-9(15-7-8)10-16-11(19-17-10)12(18)3-5-14-6-4-12/h1-2,7,14,18H,3-6H2. The van der Waals surface area contributed by atoms with Gasteiger partial charge in [-0.2, -0.15) is 4.98 Å². The highest BCUT2D eigenvalue weighted by molar-refractivity contribution is 9.10. The topological polar surface area (TPSA) is 84.1 Å². The fourth-order valence-corrected chi connectivity index (χ4v) is 2.31. The van der Waals surface area contributed by atoms with Crippen molar-refractivity contribution in [3.8, 4) is 11.5 Å². The van der Waals surface area contributed by atoms with Crippen molar-refractivity contribution < 1.29 is 9.63 Å². The zero-order valence-electron chi connectivity index (χ0n) is 10.1. The molecule has 0 aromatic carbocycles. The Morgan fingerprint density at radius 3 is 2.79 bits per heavy atom. The van der Waals surface area contributed by atoms with Crippen LogP contribution < -0.4 is 5.32 Å². The number of hydrogen-bond donors (Lipinski definition) is 2. The summed E-state index contributed by atoms with van der Waals surface area (Å²) in [7, 11) is 0. The summed E-state index contributed by atoms with van der Waals surface area (Å²) in [5.41, 5.74) is -0.401.